The Balaban J connectivity index is 2.76. The lowest BCUT2D eigenvalue weighted by Crippen LogP contribution is -2.60. The number of hydrogen-bond acceptors (Lipinski definition) is 3. The molecule has 2 N–H and O–H groups in total. The van der Waals surface area contributed by atoms with Gasteiger partial charge in [0.1, 0.15) is 5.54 Å². The van der Waals surface area contributed by atoms with E-state index < -0.39 is 11.5 Å². The van der Waals surface area contributed by atoms with Crippen molar-refractivity contribution in [2.45, 2.75) is 44.7 Å². The number of rotatable bonds is 7. The lowest BCUT2D eigenvalue weighted by Gasteiger charge is -2.33. The largest absolute Gasteiger partial charge is 0.480 e. The maximum absolute atomic E-state index is 11.4. The van der Waals surface area contributed by atoms with Crippen molar-refractivity contribution in [1.82, 2.24) is 5.32 Å². The Morgan fingerprint density at radius 3 is 2.60 bits per heavy atom. The molecular formula is C11H21NO3. The van der Waals surface area contributed by atoms with Crippen LogP contribution in [0.2, 0.25) is 0 Å². The van der Waals surface area contributed by atoms with Crippen LogP contribution >= 0.6 is 0 Å². The third kappa shape index (κ3) is 2.69. The highest BCUT2D eigenvalue weighted by Crippen LogP contribution is 2.40. The van der Waals surface area contributed by atoms with Crippen molar-refractivity contribution in [3.05, 3.63) is 0 Å². The van der Waals surface area contributed by atoms with E-state index >= 15 is 0 Å². The molecule has 1 fully saturated rings. The molecule has 1 aliphatic carbocycles. The highest BCUT2D eigenvalue weighted by atomic mass is 16.5. The number of nitrogens with one attached hydrogen (secondary N) is 1. The summed E-state index contributed by atoms with van der Waals surface area (Å²) in [4.78, 5) is 11.4. The number of methoxy groups -OCH3 is 1. The van der Waals surface area contributed by atoms with Gasteiger partial charge in [0.05, 0.1) is 6.61 Å². The fourth-order valence-corrected chi connectivity index (χ4v) is 1.92. The SMILES string of the molecule is CCC(C)NC(COC)(C(=O)O)C1CC1. The van der Waals surface area contributed by atoms with Crippen molar-refractivity contribution in [1.29, 1.82) is 0 Å². The van der Waals surface area contributed by atoms with Crippen molar-refractivity contribution >= 4 is 5.97 Å². The lowest BCUT2D eigenvalue weighted by atomic mass is 9.92. The first-order valence-electron chi connectivity index (χ1n) is 5.56. The van der Waals surface area contributed by atoms with Gasteiger partial charge in [-0.15, -0.1) is 0 Å². The molecule has 2 unspecified atom stereocenters. The van der Waals surface area contributed by atoms with Gasteiger partial charge in [-0.3, -0.25) is 10.1 Å². The highest BCUT2D eigenvalue weighted by molar-refractivity contribution is 5.80. The molecule has 1 rings (SSSR count). The van der Waals surface area contributed by atoms with Crippen molar-refractivity contribution in [3.63, 3.8) is 0 Å². The molecule has 0 aromatic rings. The second kappa shape index (κ2) is 4.94. The normalized spacial score (nSPS) is 22.1. The van der Waals surface area contributed by atoms with Crippen LogP contribution in [0.15, 0.2) is 0 Å². The van der Waals surface area contributed by atoms with E-state index in [2.05, 4.69) is 5.32 Å². The minimum Gasteiger partial charge on any atom is -0.480 e. The molecule has 4 nitrogen and oxygen atoms in total. The van der Waals surface area contributed by atoms with E-state index in [4.69, 9.17) is 4.74 Å². The predicted molar refractivity (Wildman–Crippen MR) is 57.9 cm³/mol. The van der Waals surface area contributed by atoms with E-state index in [0.717, 1.165) is 19.3 Å². The van der Waals surface area contributed by atoms with E-state index in [1.165, 1.54) is 0 Å². The first kappa shape index (κ1) is 12.5. The minimum atomic E-state index is -0.871. The van der Waals surface area contributed by atoms with Gasteiger partial charge in [-0.05, 0) is 32.1 Å². The Bertz CT molecular complexity index is 228. The second-order valence-electron chi connectivity index (χ2n) is 4.44. The summed E-state index contributed by atoms with van der Waals surface area (Å²) in [5, 5.41) is 12.6. The maximum atomic E-state index is 11.4. The number of ether oxygens (including phenoxy) is 1. The summed E-state index contributed by atoms with van der Waals surface area (Å²) in [6.07, 6.45) is 2.89. The van der Waals surface area contributed by atoms with Crippen LogP contribution in [-0.2, 0) is 9.53 Å². The van der Waals surface area contributed by atoms with Crippen LogP contribution in [0.3, 0.4) is 0 Å². The molecule has 15 heavy (non-hydrogen) atoms. The molecule has 88 valence electrons. The number of hydrogen-bond donors (Lipinski definition) is 2. The van der Waals surface area contributed by atoms with Gasteiger partial charge in [-0.25, -0.2) is 0 Å². The number of carbonyl (C=O) groups is 1. The van der Waals surface area contributed by atoms with Gasteiger partial charge >= 0.3 is 5.97 Å². The van der Waals surface area contributed by atoms with Crippen LogP contribution in [0, 0.1) is 5.92 Å². The summed E-state index contributed by atoms with van der Waals surface area (Å²) in [6, 6.07) is 0.205. The molecule has 0 spiro atoms. The third-order valence-corrected chi connectivity index (χ3v) is 3.14. The van der Waals surface area contributed by atoms with Gasteiger partial charge in [-0.1, -0.05) is 6.92 Å². The lowest BCUT2D eigenvalue weighted by molar-refractivity contribution is -0.149. The second-order valence-corrected chi connectivity index (χ2v) is 4.44. The molecule has 0 amide bonds. The standard InChI is InChI=1S/C11H21NO3/c1-4-8(2)12-11(7-15-3,10(13)14)9-5-6-9/h8-9,12H,4-7H2,1-3H3,(H,13,14). The Morgan fingerprint density at radius 1 is 1.67 bits per heavy atom. The van der Waals surface area contributed by atoms with E-state index in [1.54, 1.807) is 7.11 Å². The number of carboxylic acid groups (broad SMARTS) is 1. The molecule has 0 bridgehead atoms. The average Bonchev–Trinajstić information content (AvgIpc) is 2.99. The smallest absolute Gasteiger partial charge is 0.326 e. The molecular weight excluding hydrogens is 194 g/mol. The zero-order chi connectivity index (χ0) is 11.5. The monoisotopic (exact) mass is 215 g/mol. The van der Waals surface area contributed by atoms with E-state index in [0.29, 0.717) is 0 Å². The Hall–Kier alpha value is -0.610. The van der Waals surface area contributed by atoms with Crippen LogP contribution in [-0.4, -0.2) is 36.4 Å². The van der Waals surface area contributed by atoms with Crippen LogP contribution in [0.5, 0.6) is 0 Å². The van der Waals surface area contributed by atoms with Gasteiger partial charge in [0.15, 0.2) is 0 Å². The summed E-state index contributed by atoms with van der Waals surface area (Å²) in [5.41, 5.74) is -0.871. The fourth-order valence-electron chi connectivity index (χ4n) is 1.92. The van der Waals surface area contributed by atoms with Crippen molar-refractivity contribution < 1.29 is 14.6 Å². The van der Waals surface area contributed by atoms with Crippen molar-refractivity contribution in [2.75, 3.05) is 13.7 Å². The summed E-state index contributed by atoms with van der Waals surface area (Å²) in [6.45, 7) is 4.30. The third-order valence-electron chi connectivity index (χ3n) is 3.14. The van der Waals surface area contributed by atoms with Crippen LogP contribution in [0.4, 0.5) is 0 Å². The molecule has 4 heteroatoms. The molecule has 1 aliphatic rings. The number of carboxylic acids is 1. The fraction of sp³-hybridized carbons (Fsp3) is 0.909. The van der Waals surface area contributed by atoms with Crippen LogP contribution < -0.4 is 5.32 Å². The topological polar surface area (TPSA) is 58.6 Å². The Morgan fingerprint density at radius 2 is 2.27 bits per heavy atom. The average molecular weight is 215 g/mol. The molecule has 1 saturated carbocycles. The van der Waals surface area contributed by atoms with Gasteiger partial charge in [0.25, 0.3) is 0 Å². The summed E-state index contributed by atoms with van der Waals surface area (Å²) >= 11 is 0. The van der Waals surface area contributed by atoms with Gasteiger partial charge in [-0.2, -0.15) is 0 Å². The van der Waals surface area contributed by atoms with E-state index in [1.807, 2.05) is 13.8 Å². The van der Waals surface area contributed by atoms with Gasteiger partial charge < -0.3 is 9.84 Å². The quantitative estimate of drug-likeness (QED) is 0.671. The summed E-state index contributed by atoms with van der Waals surface area (Å²) in [5.74, 6) is -0.559. The van der Waals surface area contributed by atoms with E-state index in [9.17, 15) is 9.90 Å². The molecule has 0 heterocycles. The van der Waals surface area contributed by atoms with Crippen LogP contribution in [0.25, 0.3) is 0 Å². The molecule has 0 aliphatic heterocycles. The first-order chi connectivity index (χ1) is 7.06. The summed E-state index contributed by atoms with van der Waals surface area (Å²) < 4.78 is 5.07. The van der Waals surface area contributed by atoms with Gasteiger partial charge in [0.2, 0.25) is 0 Å². The van der Waals surface area contributed by atoms with Crippen molar-refractivity contribution in [2.24, 2.45) is 5.92 Å². The molecule has 0 aromatic heterocycles. The Kier molecular flexibility index (Phi) is 4.11. The first-order valence-corrected chi connectivity index (χ1v) is 5.56. The van der Waals surface area contributed by atoms with Crippen molar-refractivity contribution in [3.8, 4) is 0 Å². The summed E-state index contributed by atoms with van der Waals surface area (Å²) in [7, 11) is 1.55. The molecule has 0 aromatic carbocycles. The molecule has 0 saturated heterocycles. The molecule has 2 atom stereocenters. The maximum Gasteiger partial charge on any atom is 0.326 e. The zero-order valence-electron chi connectivity index (χ0n) is 9.75. The predicted octanol–water partition coefficient (Wildman–Crippen LogP) is 1.25. The van der Waals surface area contributed by atoms with Gasteiger partial charge in [0, 0.05) is 13.2 Å². The minimum absolute atomic E-state index is 0.205. The number of aliphatic carboxylic acids is 1. The van der Waals surface area contributed by atoms with Crippen LogP contribution in [0.1, 0.15) is 33.1 Å². The molecule has 0 radical (unpaired) electrons. The highest BCUT2D eigenvalue weighted by Gasteiger charge is 2.51. The van der Waals surface area contributed by atoms with E-state index in [-0.39, 0.29) is 18.6 Å². The Labute approximate surface area is 91.0 Å². The zero-order valence-corrected chi connectivity index (χ0v) is 9.75.